The van der Waals surface area contributed by atoms with Crippen LogP contribution >= 0.6 is 0 Å². The Morgan fingerprint density at radius 3 is 2.73 bits per heavy atom. The maximum Gasteiger partial charge on any atom is 0.187 e. The predicted octanol–water partition coefficient (Wildman–Crippen LogP) is 2.29. The van der Waals surface area contributed by atoms with Gasteiger partial charge in [0.2, 0.25) is 0 Å². The Morgan fingerprint density at radius 2 is 2.36 bits per heavy atom. The zero-order valence-corrected chi connectivity index (χ0v) is 6.24. The molecular weight excluding hydrogens is 140 g/mol. The van der Waals surface area contributed by atoms with Gasteiger partial charge in [-0.2, -0.15) is 5.26 Å². The topological polar surface area (TPSA) is 53.2 Å². The maximum absolute atomic E-state index is 9.95. The molecule has 0 fully saturated rings. The Hall–Kier alpha value is -1.69. The third-order valence-corrected chi connectivity index (χ3v) is 1.05. The molecule has 0 rings (SSSR count). The summed E-state index contributed by atoms with van der Waals surface area (Å²) >= 11 is 0. The van der Waals surface area contributed by atoms with Crippen LogP contribution in [0.15, 0.2) is 41.3 Å². The van der Waals surface area contributed by atoms with Crippen LogP contribution in [-0.2, 0) is 0 Å². The van der Waals surface area contributed by atoms with E-state index in [0.29, 0.717) is 5.57 Å². The van der Waals surface area contributed by atoms with E-state index in [4.69, 9.17) is 5.26 Å². The van der Waals surface area contributed by atoms with E-state index in [9.17, 15) is 4.91 Å². The van der Waals surface area contributed by atoms with Crippen LogP contribution in [-0.4, -0.2) is 0 Å². The molecule has 3 heteroatoms. The lowest BCUT2D eigenvalue weighted by Crippen LogP contribution is -1.76. The van der Waals surface area contributed by atoms with Crippen molar-refractivity contribution in [1.82, 2.24) is 0 Å². The Kier molecular flexibility index (Phi) is 4.34. The molecule has 0 saturated heterocycles. The molecule has 0 aromatic heterocycles. The van der Waals surface area contributed by atoms with Gasteiger partial charge < -0.3 is 0 Å². The summed E-state index contributed by atoms with van der Waals surface area (Å²) in [4.78, 5) is 9.95. The van der Waals surface area contributed by atoms with Gasteiger partial charge in [-0.15, -0.1) is 4.91 Å². The summed E-state index contributed by atoms with van der Waals surface area (Å²) in [6.07, 6.45) is 4.80. The lowest BCUT2D eigenvalue weighted by Gasteiger charge is -1.87. The Bertz CT molecular complexity index is 256. The fourth-order valence-corrected chi connectivity index (χ4v) is 0.472. The smallest absolute Gasteiger partial charge is 0.187 e. The molecule has 0 aromatic carbocycles. The molecule has 0 bridgehead atoms. The van der Waals surface area contributed by atoms with Crippen molar-refractivity contribution in [2.75, 3.05) is 0 Å². The van der Waals surface area contributed by atoms with E-state index >= 15 is 0 Å². The average molecular weight is 148 g/mol. The van der Waals surface area contributed by atoms with Gasteiger partial charge in [0, 0.05) is 0 Å². The normalized spacial score (nSPS) is 12.0. The van der Waals surface area contributed by atoms with E-state index in [1.165, 1.54) is 0 Å². The average Bonchev–Trinajstić information content (AvgIpc) is 2.03. The van der Waals surface area contributed by atoms with Crippen LogP contribution in [0.4, 0.5) is 0 Å². The molecule has 3 nitrogen and oxygen atoms in total. The quantitative estimate of drug-likeness (QED) is 0.350. The second-order valence-corrected chi connectivity index (χ2v) is 1.83. The SMILES string of the molecule is C=C/C=C\C(C)=C(\C#N)N=O. The van der Waals surface area contributed by atoms with E-state index in [1.807, 2.05) is 0 Å². The van der Waals surface area contributed by atoms with Crippen molar-refractivity contribution in [3.63, 3.8) is 0 Å². The van der Waals surface area contributed by atoms with Gasteiger partial charge in [-0.1, -0.05) is 24.8 Å². The molecule has 0 aliphatic carbocycles. The summed E-state index contributed by atoms with van der Waals surface area (Å²) in [6, 6.07) is 1.68. The lowest BCUT2D eigenvalue weighted by molar-refractivity contribution is 1.29. The highest BCUT2D eigenvalue weighted by molar-refractivity contribution is 5.33. The van der Waals surface area contributed by atoms with Gasteiger partial charge in [0.05, 0.1) is 0 Å². The first kappa shape index (κ1) is 9.31. The minimum absolute atomic E-state index is 0.0944. The molecule has 0 amide bonds. The summed E-state index contributed by atoms with van der Waals surface area (Å²) in [7, 11) is 0. The summed E-state index contributed by atoms with van der Waals surface area (Å²) in [6.45, 7) is 5.08. The molecule has 0 radical (unpaired) electrons. The van der Waals surface area contributed by atoms with Gasteiger partial charge in [0.1, 0.15) is 6.07 Å². The first-order valence-corrected chi connectivity index (χ1v) is 2.99. The highest BCUT2D eigenvalue weighted by Crippen LogP contribution is 2.04. The number of allylic oxidation sites excluding steroid dienone is 5. The predicted molar refractivity (Wildman–Crippen MR) is 43.4 cm³/mol. The Morgan fingerprint density at radius 1 is 1.73 bits per heavy atom. The second-order valence-electron chi connectivity index (χ2n) is 1.83. The number of nitroso groups, excluding NO2 is 1. The molecule has 0 spiro atoms. The zero-order valence-electron chi connectivity index (χ0n) is 6.24. The zero-order chi connectivity index (χ0) is 8.69. The van der Waals surface area contributed by atoms with Gasteiger partial charge in [-0.3, -0.25) is 0 Å². The summed E-state index contributed by atoms with van der Waals surface area (Å²) in [5, 5.41) is 10.9. The summed E-state index contributed by atoms with van der Waals surface area (Å²) < 4.78 is 0. The minimum Gasteiger partial charge on any atom is -0.191 e. The molecule has 0 unspecified atom stereocenters. The van der Waals surface area contributed by atoms with Crippen LogP contribution < -0.4 is 0 Å². The first-order valence-electron chi connectivity index (χ1n) is 2.99. The van der Waals surface area contributed by atoms with Crippen molar-refractivity contribution < 1.29 is 0 Å². The van der Waals surface area contributed by atoms with Gasteiger partial charge in [-0.05, 0) is 17.7 Å². The second kappa shape index (κ2) is 5.12. The molecule has 0 heterocycles. The van der Waals surface area contributed by atoms with E-state index in [2.05, 4.69) is 11.8 Å². The van der Waals surface area contributed by atoms with Crippen LogP contribution in [0.1, 0.15) is 6.92 Å². The molecule has 0 atom stereocenters. The van der Waals surface area contributed by atoms with Crippen LogP contribution in [0, 0.1) is 16.2 Å². The molecule has 0 aliphatic rings. The number of hydrogen-bond donors (Lipinski definition) is 0. The van der Waals surface area contributed by atoms with Crippen molar-refractivity contribution in [1.29, 1.82) is 5.26 Å². The van der Waals surface area contributed by atoms with Gasteiger partial charge in [0.25, 0.3) is 0 Å². The molecule has 0 aromatic rings. The third kappa shape index (κ3) is 3.11. The molecule has 0 aliphatic heterocycles. The third-order valence-electron chi connectivity index (χ3n) is 1.05. The van der Waals surface area contributed by atoms with Crippen molar-refractivity contribution in [2.45, 2.75) is 6.92 Å². The van der Waals surface area contributed by atoms with E-state index in [0.717, 1.165) is 0 Å². The first-order chi connectivity index (χ1) is 5.26. The van der Waals surface area contributed by atoms with Crippen LogP contribution in [0.3, 0.4) is 0 Å². The summed E-state index contributed by atoms with van der Waals surface area (Å²) in [5.74, 6) is 0. The molecule has 56 valence electrons. The van der Waals surface area contributed by atoms with Gasteiger partial charge >= 0.3 is 0 Å². The van der Waals surface area contributed by atoms with E-state index in [-0.39, 0.29) is 5.70 Å². The number of rotatable bonds is 3. The largest absolute Gasteiger partial charge is 0.191 e. The minimum atomic E-state index is -0.0944. The Balaban J connectivity index is 4.64. The highest BCUT2D eigenvalue weighted by Gasteiger charge is 1.95. The van der Waals surface area contributed by atoms with Crippen molar-refractivity contribution in [2.24, 2.45) is 5.18 Å². The number of nitrogens with zero attached hydrogens (tertiary/aromatic N) is 2. The summed E-state index contributed by atoms with van der Waals surface area (Å²) in [5.41, 5.74) is 0.450. The fraction of sp³-hybridized carbons (Fsp3) is 0.125. The van der Waals surface area contributed by atoms with E-state index < -0.39 is 0 Å². The molecule has 11 heavy (non-hydrogen) atoms. The molecule has 0 saturated carbocycles. The molecule has 0 N–H and O–H groups in total. The van der Waals surface area contributed by atoms with Crippen molar-refractivity contribution in [3.05, 3.63) is 41.0 Å². The van der Waals surface area contributed by atoms with Crippen LogP contribution in [0.2, 0.25) is 0 Å². The van der Waals surface area contributed by atoms with E-state index in [1.54, 1.807) is 31.2 Å². The monoisotopic (exact) mass is 148 g/mol. The fourth-order valence-electron chi connectivity index (χ4n) is 0.472. The number of hydrogen-bond acceptors (Lipinski definition) is 3. The number of nitriles is 1. The van der Waals surface area contributed by atoms with Crippen LogP contribution in [0.25, 0.3) is 0 Å². The standard InChI is InChI=1S/C8H8N2O/c1-3-4-5-7(2)8(6-9)10-11/h3-5H,1H2,2H3/b5-4-,8-7-. The Labute approximate surface area is 65.3 Å². The highest BCUT2D eigenvalue weighted by atomic mass is 16.3. The van der Waals surface area contributed by atoms with Crippen molar-refractivity contribution >= 4 is 0 Å². The lowest BCUT2D eigenvalue weighted by atomic mass is 10.2. The molecular formula is C8H8N2O. The van der Waals surface area contributed by atoms with Gasteiger partial charge in [0.15, 0.2) is 5.70 Å². The van der Waals surface area contributed by atoms with Crippen molar-refractivity contribution in [3.8, 4) is 6.07 Å². The van der Waals surface area contributed by atoms with Crippen LogP contribution in [0.5, 0.6) is 0 Å². The maximum atomic E-state index is 9.95. The van der Waals surface area contributed by atoms with Gasteiger partial charge in [-0.25, -0.2) is 0 Å².